The van der Waals surface area contributed by atoms with E-state index < -0.39 is 11.7 Å². The molecule has 8 nitrogen and oxygen atoms in total. The summed E-state index contributed by atoms with van der Waals surface area (Å²) in [5.74, 6) is 0.709. The van der Waals surface area contributed by atoms with E-state index in [4.69, 9.17) is 32.9 Å². The Bertz CT molecular complexity index is 1200. The van der Waals surface area contributed by atoms with Gasteiger partial charge in [-0.05, 0) is 53.5 Å². The van der Waals surface area contributed by atoms with Crippen molar-refractivity contribution in [3.8, 4) is 11.1 Å². The van der Waals surface area contributed by atoms with E-state index in [1.807, 2.05) is 46.8 Å². The summed E-state index contributed by atoms with van der Waals surface area (Å²) in [6.45, 7) is 10.9. The number of nitrogens with one attached hydrogen (secondary N) is 1. The van der Waals surface area contributed by atoms with E-state index in [0.29, 0.717) is 34.7 Å². The van der Waals surface area contributed by atoms with Gasteiger partial charge >= 0.3 is 6.09 Å². The first-order valence-corrected chi connectivity index (χ1v) is 11.6. The van der Waals surface area contributed by atoms with Crippen LogP contribution >= 0.6 is 23.2 Å². The van der Waals surface area contributed by atoms with Crippen LogP contribution in [-0.2, 0) is 4.74 Å². The average molecular weight is 491 g/mol. The fourth-order valence-electron chi connectivity index (χ4n) is 4.07. The van der Waals surface area contributed by atoms with Gasteiger partial charge in [0.1, 0.15) is 11.9 Å². The molecule has 4 rings (SSSR count). The van der Waals surface area contributed by atoms with Crippen molar-refractivity contribution >= 4 is 40.9 Å². The minimum Gasteiger partial charge on any atom is -0.444 e. The van der Waals surface area contributed by atoms with Crippen molar-refractivity contribution in [2.45, 2.75) is 58.6 Å². The molecule has 1 aromatic carbocycles. The standard InChI is InChI=1S/C23H28Cl2N6O2/c1-14-17(15-7-6-8-16(24)18(15)25)19-26-13-27-31(19)20(28-14)30-11-9-23(5,10-12-30)29-21(32)33-22(2,3)4/h6-8,13H,9-12H2,1-5H3,(H,29,32). The summed E-state index contributed by atoms with van der Waals surface area (Å²) in [6, 6.07) is 5.51. The summed E-state index contributed by atoms with van der Waals surface area (Å²) in [6.07, 6.45) is 2.60. The fourth-order valence-corrected chi connectivity index (χ4v) is 4.46. The first-order valence-electron chi connectivity index (χ1n) is 10.9. The molecule has 1 saturated heterocycles. The smallest absolute Gasteiger partial charge is 0.408 e. The molecule has 176 valence electrons. The van der Waals surface area contributed by atoms with Gasteiger partial charge in [-0.1, -0.05) is 35.3 Å². The normalized spacial score (nSPS) is 16.2. The molecule has 1 N–H and O–H groups in total. The Morgan fingerprint density at radius 3 is 2.58 bits per heavy atom. The Balaban J connectivity index is 1.59. The summed E-state index contributed by atoms with van der Waals surface area (Å²) < 4.78 is 7.17. The second-order valence-electron chi connectivity index (χ2n) is 9.64. The van der Waals surface area contributed by atoms with E-state index >= 15 is 0 Å². The van der Waals surface area contributed by atoms with Crippen LogP contribution in [0, 0.1) is 6.92 Å². The summed E-state index contributed by atoms with van der Waals surface area (Å²) in [5, 5.41) is 8.41. The van der Waals surface area contributed by atoms with Crippen LogP contribution in [0.1, 0.15) is 46.2 Å². The van der Waals surface area contributed by atoms with Crippen LogP contribution in [0.15, 0.2) is 24.5 Å². The molecule has 0 bridgehead atoms. The Labute approximate surface area is 203 Å². The molecule has 3 heterocycles. The number of ether oxygens (including phenoxy) is 1. The highest BCUT2D eigenvalue weighted by atomic mass is 35.5. The highest BCUT2D eigenvalue weighted by Gasteiger charge is 2.34. The van der Waals surface area contributed by atoms with Crippen molar-refractivity contribution in [2.75, 3.05) is 18.0 Å². The van der Waals surface area contributed by atoms with Crippen LogP contribution in [0.2, 0.25) is 10.0 Å². The number of piperidine rings is 1. The quantitative estimate of drug-likeness (QED) is 0.536. The summed E-state index contributed by atoms with van der Waals surface area (Å²) in [7, 11) is 0. The summed E-state index contributed by atoms with van der Waals surface area (Å²) >= 11 is 12.7. The minimum absolute atomic E-state index is 0.358. The zero-order valence-electron chi connectivity index (χ0n) is 19.4. The number of rotatable bonds is 3. The van der Waals surface area contributed by atoms with Gasteiger partial charge in [-0.2, -0.15) is 9.61 Å². The first kappa shape index (κ1) is 23.6. The van der Waals surface area contributed by atoms with Crippen LogP contribution in [0.4, 0.5) is 10.7 Å². The average Bonchev–Trinajstić information content (AvgIpc) is 3.18. The van der Waals surface area contributed by atoms with Gasteiger partial charge in [0.15, 0.2) is 5.65 Å². The van der Waals surface area contributed by atoms with E-state index in [2.05, 4.69) is 20.3 Å². The van der Waals surface area contributed by atoms with Crippen molar-refractivity contribution in [1.29, 1.82) is 0 Å². The van der Waals surface area contributed by atoms with Gasteiger partial charge in [-0.3, -0.25) is 0 Å². The highest BCUT2D eigenvalue weighted by molar-refractivity contribution is 6.43. The lowest BCUT2D eigenvalue weighted by Crippen LogP contribution is -2.54. The van der Waals surface area contributed by atoms with Crippen molar-refractivity contribution in [2.24, 2.45) is 0 Å². The Morgan fingerprint density at radius 2 is 1.91 bits per heavy atom. The molecule has 33 heavy (non-hydrogen) atoms. The molecule has 0 spiro atoms. The van der Waals surface area contributed by atoms with Crippen molar-refractivity contribution in [3.63, 3.8) is 0 Å². The number of anilines is 1. The summed E-state index contributed by atoms with van der Waals surface area (Å²) in [4.78, 5) is 23.8. The van der Waals surface area contributed by atoms with Crippen molar-refractivity contribution in [1.82, 2.24) is 24.9 Å². The van der Waals surface area contributed by atoms with Crippen LogP contribution in [-0.4, -0.2) is 49.9 Å². The van der Waals surface area contributed by atoms with Gasteiger partial charge in [0.25, 0.3) is 0 Å². The molecule has 1 amide bonds. The van der Waals surface area contributed by atoms with Gasteiger partial charge in [-0.15, -0.1) is 0 Å². The number of benzene rings is 1. The molecule has 0 atom stereocenters. The van der Waals surface area contributed by atoms with Gasteiger partial charge in [0.05, 0.1) is 15.7 Å². The van der Waals surface area contributed by atoms with E-state index in [1.54, 1.807) is 10.6 Å². The zero-order chi connectivity index (χ0) is 24.0. The maximum absolute atomic E-state index is 12.3. The number of alkyl carbamates (subject to hydrolysis) is 1. The molecule has 2 aromatic heterocycles. The molecule has 0 radical (unpaired) electrons. The third kappa shape index (κ3) is 4.87. The molecule has 1 fully saturated rings. The van der Waals surface area contributed by atoms with Gasteiger partial charge in [0, 0.05) is 29.8 Å². The lowest BCUT2D eigenvalue weighted by Gasteiger charge is -2.40. The Kier molecular flexibility index (Phi) is 6.18. The molecular formula is C23H28Cl2N6O2. The highest BCUT2D eigenvalue weighted by Crippen LogP contribution is 2.37. The predicted molar refractivity (Wildman–Crippen MR) is 130 cm³/mol. The van der Waals surface area contributed by atoms with Crippen LogP contribution in [0.3, 0.4) is 0 Å². The van der Waals surface area contributed by atoms with E-state index in [9.17, 15) is 4.79 Å². The van der Waals surface area contributed by atoms with E-state index in [-0.39, 0.29) is 5.54 Å². The lowest BCUT2D eigenvalue weighted by atomic mass is 9.90. The zero-order valence-corrected chi connectivity index (χ0v) is 21.0. The van der Waals surface area contributed by atoms with Crippen LogP contribution in [0.5, 0.6) is 0 Å². The molecule has 1 aliphatic heterocycles. The van der Waals surface area contributed by atoms with Crippen LogP contribution < -0.4 is 10.2 Å². The third-order valence-electron chi connectivity index (χ3n) is 5.76. The predicted octanol–water partition coefficient (Wildman–Crippen LogP) is 5.29. The Hall–Kier alpha value is -2.58. The number of nitrogens with zero attached hydrogens (tertiary/aromatic N) is 5. The SMILES string of the molecule is Cc1nc(N2CCC(C)(NC(=O)OC(C)(C)C)CC2)n2ncnc2c1-c1cccc(Cl)c1Cl. The number of fused-ring (bicyclic) bond motifs is 1. The van der Waals surface area contributed by atoms with Gasteiger partial charge in [0.2, 0.25) is 5.95 Å². The van der Waals surface area contributed by atoms with Gasteiger partial charge in [-0.25, -0.2) is 14.8 Å². The fraction of sp³-hybridized carbons (Fsp3) is 0.478. The molecule has 0 unspecified atom stereocenters. The monoisotopic (exact) mass is 490 g/mol. The maximum Gasteiger partial charge on any atom is 0.408 e. The number of hydrogen-bond acceptors (Lipinski definition) is 6. The number of carbonyl (C=O) groups excluding carboxylic acids is 1. The number of aromatic nitrogens is 4. The molecule has 1 aliphatic rings. The van der Waals surface area contributed by atoms with Gasteiger partial charge < -0.3 is 15.0 Å². The van der Waals surface area contributed by atoms with Crippen molar-refractivity contribution < 1.29 is 9.53 Å². The van der Waals surface area contributed by atoms with Crippen LogP contribution in [0.25, 0.3) is 16.8 Å². The molecular weight excluding hydrogens is 463 g/mol. The molecule has 3 aromatic rings. The lowest BCUT2D eigenvalue weighted by molar-refractivity contribution is 0.0448. The largest absolute Gasteiger partial charge is 0.444 e. The second kappa shape index (κ2) is 8.65. The minimum atomic E-state index is -0.533. The number of hydrogen-bond donors (Lipinski definition) is 1. The number of aryl methyl sites for hydroxylation is 1. The molecule has 0 aliphatic carbocycles. The number of carbonyl (C=O) groups is 1. The summed E-state index contributed by atoms with van der Waals surface area (Å²) in [5.41, 5.74) is 2.14. The molecule has 0 saturated carbocycles. The first-order chi connectivity index (χ1) is 15.5. The topological polar surface area (TPSA) is 84.7 Å². The number of halogens is 2. The van der Waals surface area contributed by atoms with E-state index in [0.717, 1.165) is 29.7 Å². The second-order valence-corrected chi connectivity index (χ2v) is 10.4. The van der Waals surface area contributed by atoms with E-state index in [1.165, 1.54) is 6.33 Å². The van der Waals surface area contributed by atoms with Crippen molar-refractivity contribution in [3.05, 3.63) is 40.3 Å². The maximum atomic E-state index is 12.3. The third-order valence-corrected chi connectivity index (χ3v) is 6.58. The number of amides is 1. The molecule has 10 heteroatoms. The Morgan fingerprint density at radius 1 is 1.21 bits per heavy atom.